The van der Waals surface area contributed by atoms with Gasteiger partial charge in [0.25, 0.3) is 5.91 Å². The number of nitrogens with zero attached hydrogens (tertiary/aromatic N) is 1. The second kappa shape index (κ2) is 4.94. The fourth-order valence-corrected chi connectivity index (χ4v) is 2.37. The molecule has 2 rings (SSSR count). The Hall–Kier alpha value is -1.26. The number of hydrogen-bond donors (Lipinski definition) is 2. The summed E-state index contributed by atoms with van der Waals surface area (Å²) in [5.74, 6) is -0.434. The number of anilines is 1. The van der Waals surface area contributed by atoms with E-state index in [0.29, 0.717) is 10.6 Å². The van der Waals surface area contributed by atoms with Gasteiger partial charge in [0, 0.05) is 24.2 Å². The predicted molar refractivity (Wildman–Crippen MR) is 69.4 cm³/mol. The first-order valence-corrected chi connectivity index (χ1v) is 6.05. The summed E-state index contributed by atoms with van der Waals surface area (Å²) >= 11 is 5.97. The fourth-order valence-electron chi connectivity index (χ4n) is 2.20. The average Bonchev–Trinajstić information content (AvgIpc) is 2.28. The normalized spacial score (nSPS) is 20.4. The minimum absolute atomic E-state index is 0.142. The van der Waals surface area contributed by atoms with Crippen molar-refractivity contribution in [3.63, 3.8) is 0 Å². The largest absolute Gasteiger partial charge is 0.369 e. The SMILES string of the molecule is NC(=O)c1ccc(Cl)cc1N1CCCC(N)C1. The molecule has 0 bridgehead atoms. The average molecular weight is 254 g/mol. The number of piperidine rings is 1. The molecule has 0 radical (unpaired) electrons. The molecule has 1 atom stereocenters. The van der Waals surface area contributed by atoms with Crippen LogP contribution in [-0.2, 0) is 0 Å². The predicted octanol–water partition coefficient (Wildman–Crippen LogP) is 1.37. The van der Waals surface area contributed by atoms with Crippen molar-refractivity contribution in [2.75, 3.05) is 18.0 Å². The zero-order valence-electron chi connectivity index (χ0n) is 9.53. The van der Waals surface area contributed by atoms with Crippen LogP contribution >= 0.6 is 11.6 Å². The van der Waals surface area contributed by atoms with Crippen molar-refractivity contribution in [1.29, 1.82) is 0 Å². The quantitative estimate of drug-likeness (QED) is 0.836. The molecule has 1 aromatic rings. The van der Waals surface area contributed by atoms with Crippen molar-refractivity contribution in [1.82, 2.24) is 0 Å². The number of hydrogen-bond acceptors (Lipinski definition) is 3. The molecule has 0 aliphatic carbocycles. The third-order valence-corrected chi connectivity index (χ3v) is 3.26. The maximum atomic E-state index is 11.4. The molecule has 1 saturated heterocycles. The van der Waals surface area contributed by atoms with Gasteiger partial charge in [0.1, 0.15) is 0 Å². The molecule has 1 amide bonds. The molecule has 4 nitrogen and oxygen atoms in total. The van der Waals surface area contributed by atoms with Crippen LogP contribution in [0.3, 0.4) is 0 Å². The van der Waals surface area contributed by atoms with E-state index in [2.05, 4.69) is 4.90 Å². The van der Waals surface area contributed by atoms with Crippen molar-refractivity contribution < 1.29 is 4.79 Å². The number of rotatable bonds is 2. The Bertz CT molecular complexity index is 436. The molecular formula is C12H16ClN3O. The zero-order valence-corrected chi connectivity index (χ0v) is 10.3. The van der Waals surface area contributed by atoms with Crippen molar-refractivity contribution >= 4 is 23.2 Å². The summed E-state index contributed by atoms with van der Waals surface area (Å²) in [5, 5.41) is 0.601. The maximum absolute atomic E-state index is 11.4. The smallest absolute Gasteiger partial charge is 0.250 e. The molecule has 5 heteroatoms. The van der Waals surface area contributed by atoms with Crippen LogP contribution in [0.25, 0.3) is 0 Å². The van der Waals surface area contributed by atoms with E-state index in [1.807, 2.05) is 0 Å². The highest BCUT2D eigenvalue weighted by Gasteiger charge is 2.21. The minimum Gasteiger partial charge on any atom is -0.369 e. The maximum Gasteiger partial charge on any atom is 0.250 e. The standard InChI is InChI=1S/C12H16ClN3O/c13-8-3-4-10(12(15)17)11(6-8)16-5-1-2-9(14)7-16/h3-4,6,9H,1-2,5,7,14H2,(H2,15,17). The number of amides is 1. The van der Waals surface area contributed by atoms with Crippen molar-refractivity contribution in [2.45, 2.75) is 18.9 Å². The molecule has 0 saturated carbocycles. The topological polar surface area (TPSA) is 72.4 Å². The van der Waals surface area contributed by atoms with Crippen molar-refractivity contribution in [2.24, 2.45) is 11.5 Å². The Labute approximate surface area is 106 Å². The van der Waals surface area contributed by atoms with Crippen LogP contribution in [0.2, 0.25) is 5.02 Å². The van der Waals surface area contributed by atoms with E-state index >= 15 is 0 Å². The molecule has 0 aromatic heterocycles. The lowest BCUT2D eigenvalue weighted by molar-refractivity contribution is 0.100. The van der Waals surface area contributed by atoms with Crippen LogP contribution in [0.4, 0.5) is 5.69 Å². The monoisotopic (exact) mass is 253 g/mol. The summed E-state index contributed by atoms with van der Waals surface area (Å²) < 4.78 is 0. The van der Waals surface area contributed by atoms with Crippen LogP contribution in [-0.4, -0.2) is 25.0 Å². The third kappa shape index (κ3) is 2.70. The Balaban J connectivity index is 2.35. The number of nitrogens with two attached hydrogens (primary N) is 2. The van der Waals surface area contributed by atoms with Gasteiger partial charge in [0.05, 0.1) is 11.3 Å². The Morgan fingerprint density at radius 2 is 2.24 bits per heavy atom. The first-order valence-electron chi connectivity index (χ1n) is 5.68. The van der Waals surface area contributed by atoms with Crippen LogP contribution in [0.5, 0.6) is 0 Å². The lowest BCUT2D eigenvalue weighted by atomic mass is 10.0. The summed E-state index contributed by atoms with van der Waals surface area (Å²) in [6, 6.07) is 5.26. The van der Waals surface area contributed by atoms with Gasteiger partial charge >= 0.3 is 0 Å². The van der Waals surface area contributed by atoms with Crippen LogP contribution < -0.4 is 16.4 Å². The second-order valence-electron chi connectivity index (χ2n) is 4.37. The molecule has 0 spiro atoms. The zero-order chi connectivity index (χ0) is 12.4. The summed E-state index contributed by atoms with van der Waals surface area (Å²) in [6.07, 6.45) is 2.04. The number of carbonyl (C=O) groups excluding carboxylic acids is 1. The highest BCUT2D eigenvalue weighted by atomic mass is 35.5. The van der Waals surface area contributed by atoms with E-state index in [9.17, 15) is 4.79 Å². The highest BCUT2D eigenvalue weighted by Crippen LogP contribution is 2.27. The Kier molecular flexibility index (Phi) is 3.54. The van der Waals surface area contributed by atoms with Crippen molar-refractivity contribution in [3.05, 3.63) is 28.8 Å². The van der Waals surface area contributed by atoms with Gasteiger partial charge in [-0.25, -0.2) is 0 Å². The molecule has 1 aliphatic heterocycles. The van der Waals surface area contributed by atoms with Gasteiger partial charge in [-0.1, -0.05) is 11.6 Å². The van der Waals surface area contributed by atoms with Gasteiger partial charge in [0.15, 0.2) is 0 Å². The van der Waals surface area contributed by atoms with Gasteiger partial charge in [0.2, 0.25) is 0 Å². The van der Waals surface area contributed by atoms with Crippen molar-refractivity contribution in [3.8, 4) is 0 Å². The molecule has 1 heterocycles. The third-order valence-electron chi connectivity index (χ3n) is 3.02. The first kappa shape index (κ1) is 12.2. The van der Waals surface area contributed by atoms with E-state index in [-0.39, 0.29) is 6.04 Å². The molecule has 1 aliphatic rings. The molecule has 1 unspecified atom stereocenters. The molecular weight excluding hydrogens is 238 g/mol. The van der Waals surface area contributed by atoms with Gasteiger partial charge in [-0.05, 0) is 31.0 Å². The number of primary amides is 1. The number of benzene rings is 1. The van der Waals surface area contributed by atoms with Gasteiger partial charge in [-0.3, -0.25) is 4.79 Å². The fraction of sp³-hybridized carbons (Fsp3) is 0.417. The minimum atomic E-state index is -0.434. The molecule has 17 heavy (non-hydrogen) atoms. The van der Waals surface area contributed by atoms with E-state index in [0.717, 1.165) is 31.6 Å². The van der Waals surface area contributed by atoms with Crippen LogP contribution in [0.1, 0.15) is 23.2 Å². The number of halogens is 1. The lowest BCUT2D eigenvalue weighted by Crippen LogP contribution is -2.43. The molecule has 92 valence electrons. The molecule has 4 N–H and O–H groups in total. The van der Waals surface area contributed by atoms with E-state index in [1.165, 1.54) is 0 Å². The van der Waals surface area contributed by atoms with Gasteiger partial charge < -0.3 is 16.4 Å². The van der Waals surface area contributed by atoms with Gasteiger partial charge in [-0.2, -0.15) is 0 Å². The first-order chi connectivity index (χ1) is 8.08. The van der Waals surface area contributed by atoms with Gasteiger partial charge in [-0.15, -0.1) is 0 Å². The lowest BCUT2D eigenvalue weighted by Gasteiger charge is -2.33. The van der Waals surface area contributed by atoms with Crippen LogP contribution in [0.15, 0.2) is 18.2 Å². The summed E-state index contributed by atoms with van der Waals surface area (Å²) in [7, 11) is 0. The summed E-state index contributed by atoms with van der Waals surface area (Å²) in [6.45, 7) is 1.62. The van der Waals surface area contributed by atoms with Crippen LogP contribution in [0, 0.1) is 0 Å². The Morgan fingerprint density at radius 3 is 2.88 bits per heavy atom. The van der Waals surface area contributed by atoms with E-state index in [1.54, 1.807) is 18.2 Å². The second-order valence-corrected chi connectivity index (χ2v) is 4.81. The highest BCUT2D eigenvalue weighted by molar-refractivity contribution is 6.31. The van der Waals surface area contributed by atoms with E-state index < -0.39 is 5.91 Å². The molecule has 1 aromatic carbocycles. The molecule has 1 fully saturated rings. The number of carbonyl (C=O) groups is 1. The van der Waals surface area contributed by atoms with E-state index in [4.69, 9.17) is 23.1 Å². The summed E-state index contributed by atoms with van der Waals surface area (Å²) in [5.41, 5.74) is 12.6. The Morgan fingerprint density at radius 1 is 1.47 bits per heavy atom. The summed E-state index contributed by atoms with van der Waals surface area (Å²) in [4.78, 5) is 13.5.